The van der Waals surface area contributed by atoms with E-state index in [9.17, 15) is 13.2 Å². The standard InChI is InChI=1S/C8H5Br2F3N4/c9-5-3-6(10)17(14-5)7-1-2-16(15-7)4-8(11,12)13/h1-3H,4H2. The molecule has 0 spiro atoms. The Hall–Kier alpha value is -0.830. The Labute approximate surface area is 111 Å². The molecule has 17 heavy (non-hydrogen) atoms. The van der Waals surface area contributed by atoms with E-state index in [0.717, 1.165) is 4.68 Å². The summed E-state index contributed by atoms with van der Waals surface area (Å²) in [5.41, 5.74) is 0. The summed E-state index contributed by atoms with van der Waals surface area (Å²) < 4.78 is 39.8. The number of nitrogens with zero attached hydrogens (tertiary/aromatic N) is 4. The molecule has 0 saturated carbocycles. The van der Waals surface area contributed by atoms with Crippen LogP contribution in [0, 0.1) is 0 Å². The fraction of sp³-hybridized carbons (Fsp3) is 0.250. The Morgan fingerprint density at radius 1 is 1.24 bits per heavy atom. The van der Waals surface area contributed by atoms with Gasteiger partial charge in [-0.3, -0.25) is 4.68 Å². The van der Waals surface area contributed by atoms with Crippen molar-refractivity contribution in [2.75, 3.05) is 0 Å². The molecule has 2 heterocycles. The second-order valence-corrected chi connectivity index (χ2v) is 4.81. The quantitative estimate of drug-likeness (QED) is 0.810. The minimum atomic E-state index is -4.29. The second-order valence-electron chi connectivity index (χ2n) is 3.19. The minimum Gasteiger partial charge on any atom is -0.261 e. The van der Waals surface area contributed by atoms with Crippen molar-refractivity contribution in [3.8, 4) is 5.82 Å². The van der Waals surface area contributed by atoms with Gasteiger partial charge in [0, 0.05) is 18.3 Å². The molecule has 0 saturated heterocycles. The third kappa shape index (κ3) is 3.09. The minimum absolute atomic E-state index is 0.312. The van der Waals surface area contributed by atoms with Gasteiger partial charge in [0.1, 0.15) is 15.8 Å². The van der Waals surface area contributed by atoms with Crippen LogP contribution in [0.2, 0.25) is 0 Å². The lowest BCUT2D eigenvalue weighted by molar-refractivity contribution is -0.142. The Morgan fingerprint density at radius 3 is 2.47 bits per heavy atom. The summed E-state index contributed by atoms with van der Waals surface area (Å²) in [5, 5.41) is 7.81. The van der Waals surface area contributed by atoms with Crippen LogP contribution in [0.1, 0.15) is 0 Å². The zero-order chi connectivity index (χ0) is 12.6. The van der Waals surface area contributed by atoms with Crippen molar-refractivity contribution in [2.45, 2.75) is 12.7 Å². The number of aromatic nitrogens is 4. The number of rotatable bonds is 2. The first-order valence-electron chi connectivity index (χ1n) is 4.37. The van der Waals surface area contributed by atoms with Crippen molar-refractivity contribution in [1.82, 2.24) is 19.6 Å². The largest absolute Gasteiger partial charge is 0.408 e. The summed E-state index contributed by atoms with van der Waals surface area (Å²) in [6, 6.07) is 3.12. The van der Waals surface area contributed by atoms with Crippen molar-refractivity contribution in [2.24, 2.45) is 0 Å². The predicted molar refractivity (Wildman–Crippen MR) is 60.8 cm³/mol. The lowest BCUT2D eigenvalue weighted by Crippen LogP contribution is -2.18. The molecule has 0 atom stereocenters. The molecule has 2 aromatic heterocycles. The van der Waals surface area contributed by atoms with E-state index in [1.165, 1.54) is 16.9 Å². The average molecular weight is 374 g/mol. The molecule has 0 aromatic carbocycles. The summed E-state index contributed by atoms with van der Waals surface area (Å²) in [6.07, 6.45) is -3.03. The van der Waals surface area contributed by atoms with Gasteiger partial charge in [-0.15, -0.1) is 0 Å². The molecule has 9 heteroatoms. The lowest BCUT2D eigenvalue weighted by atomic mass is 10.6. The maximum absolute atomic E-state index is 12.1. The molecule has 0 aliphatic rings. The van der Waals surface area contributed by atoms with Crippen molar-refractivity contribution in [3.05, 3.63) is 27.5 Å². The molecule has 0 bridgehead atoms. The van der Waals surface area contributed by atoms with Crippen LogP contribution >= 0.6 is 31.9 Å². The molecule has 92 valence electrons. The molecule has 2 aromatic rings. The zero-order valence-corrected chi connectivity index (χ0v) is 11.3. The van der Waals surface area contributed by atoms with E-state index < -0.39 is 12.7 Å². The maximum atomic E-state index is 12.1. The van der Waals surface area contributed by atoms with Gasteiger partial charge in [0.25, 0.3) is 0 Å². The van der Waals surface area contributed by atoms with Gasteiger partial charge >= 0.3 is 6.18 Å². The predicted octanol–water partition coefficient (Wildman–Crippen LogP) is 3.16. The SMILES string of the molecule is FC(F)(F)Cn1ccc(-n2nc(Br)cc2Br)n1. The Balaban J connectivity index is 2.27. The average Bonchev–Trinajstić information content (AvgIpc) is 2.70. The number of hydrogen-bond acceptors (Lipinski definition) is 2. The first-order valence-corrected chi connectivity index (χ1v) is 5.95. The van der Waals surface area contributed by atoms with Crippen LogP contribution in [0.25, 0.3) is 5.82 Å². The van der Waals surface area contributed by atoms with Crippen LogP contribution in [-0.4, -0.2) is 25.7 Å². The number of alkyl halides is 3. The Morgan fingerprint density at radius 2 is 1.94 bits per heavy atom. The normalized spacial score (nSPS) is 12.1. The van der Waals surface area contributed by atoms with Crippen molar-refractivity contribution in [3.63, 3.8) is 0 Å². The fourth-order valence-corrected chi connectivity index (χ4v) is 2.39. The van der Waals surface area contributed by atoms with Gasteiger partial charge in [-0.25, -0.2) is 4.68 Å². The van der Waals surface area contributed by atoms with Crippen LogP contribution in [0.15, 0.2) is 27.5 Å². The van der Waals surface area contributed by atoms with Crippen molar-refractivity contribution < 1.29 is 13.2 Å². The van der Waals surface area contributed by atoms with E-state index in [1.807, 2.05) is 0 Å². The molecule has 4 nitrogen and oxygen atoms in total. The third-order valence-corrected chi connectivity index (χ3v) is 2.77. The van der Waals surface area contributed by atoms with Gasteiger partial charge in [-0.05, 0) is 31.9 Å². The Bertz CT molecular complexity index is 531. The molecular formula is C8H5Br2F3N4. The fourth-order valence-electron chi connectivity index (χ4n) is 1.23. The molecule has 0 N–H and O–H groups in total. The molecule has 0 fully saturated rings. The molecule has 2 rings (SSSR count). The van der Waals surface area contributed by atoms with Crippen LogP contribution < -0.4 is 0 Å². The van der Waals surface area contributed by atoms with Gasteiger partial charge in [-0.1, -0.05) is 0 Å². The van der Waals surface area contributed by atoms with Gasteiger partial charge in [-0.2, -0.15) is 23.4 Å². The van der Waals surface area contributed by atoms with E-state index in [4.69, 9.17) is 0 Å². The molecule has 0 amide bonds. The van der Waals surface area contributed by atoms with Gasteiger partial charge < -0.3 is 0 Å². The van der Waals surface area contributed by atoms with E-state index in [2.05, 4.69) is 42.1 Å². The highest BCUT2D eigenvalue weighted by Gasteiger charge is 2.28. The number of hydrogen-bond donors (Lipinski definition) is 0. The van der Waals surface area contributed by atoms with Crippen molar-refractivity contribution >= 4 is 31.9 Å². The van der Waals surface area contributed by atoms with E-state index >= 15 is 0 Å². The van der Waals surface area contributed by atoms with Crippen LogP contribution in [0.3, 0.4) is 0 Å². The van der Waals surface area contributed by atoms with Gasteiger partial charge in [0.05, 0.1) is 0 Å². The van der Waals surface area contributed by atoms with Crippen LogP contribution in [-0.2, 0) is 6.54 Å². The highest BCUT2D eigenvalue weighted by molar-refractivity contribution is 9.11. The smallest absolute Gasteiger partial charge is 0.261 e. The zero-order valence-electron chi connectivity index (χ0n) is 8.12. The summed E-state index contributed by atoms with van der Waals surface area (Å²) in [6.45, 7) is -1.12. The molecule has 0 aliphatic heterocycles. The topological polar surface area (TPSA) is 35.6 Å². The highest BCUT2D eigenvalue weighted by atomic mass is 79.9. The van der Waals surface area contributed by atoms with Crippen molar-refractivity contribution in [1.29, 1.82) is 0 Å². The molecule has 0 unspecified atom stereocenters. The van der Waals surface area contributed by atoms with Gasteiger partial charge in [0.2, 0.25) is 0 Å². The lowest BCUT2D eigenvalue weighted by Gasteiger charge is -2.05. The van der Waals surface area contributed by atoms with E-state index in [1.54, 1.807) is 6.07 Å². The summed E-state index contributed by atoms with van der Waals surface area (Å²) in [5.74, 6) is 0.312. The summed E-state index contributed by atoms with van der Waals surface area (Å²) in [4.78, 5) is 0. The van der Waals surface area contributed by atoms with Gasteiger partial charge in [0.15, 0.2) is 5.82 Å². The Kier molecular flexibility index (Phi) is 3.30. The van der Waals surface area contributed by atoms with Crippen LogP contribution in [0.4, 0.5) is 13.2 Å². The third-order valence-electron chi connectivity index (χ3n) is 1.82. The number of halogens is 5. The maximum Gasteiger partial charge on any atom is 0.408 e. The second kappa shape index (κ2) is 4.45. The van der Waals surface area contributed by atoms with E-state index in [-0.39, 0.29) is 0 Å². The highest BCUT2D eigenvalue weighted by Crippen LogP contribution is 2.21. The molecule has 0 radical (unpaired) electrons. The monoisotopic (exact) mass is 372 g/mol. The molecule has 0 aliphatic carbocycles. The first-order chi connectivity index (χ1) is 7.85. The summed E-state index contributed by atoms with van der Waals surface area (Å²) >= 11 is 6.38. The summed E-state index contributed by atoms with van der Waals surface area (Å²) in [7, 11) is 0. The molecular weight excluding hydrogens is 369 g/mol. The van der Waals surface area contributed by atoms with Crippen LogP contribution in [0.5, 0.6) is 0 Å². The van der Waals surface area contributed by atoms with E-state index in [0.29, 0.717) is 15.0 Å². The first kappa shape index (κ1) is 12.6.